The second-order valence-electron chi connectivity index (χ2n) is 18.2. The van der Waals surface area contributed by atoms with E-state index in [2.05, 4.69) is 261 Å². The van der Waals surface area contributed by atoms with Crippen LogP contribution in [0.15, 0.2) is 261 Å². The fraction of sp³-hybridized carbons (Fsp3) is 0.108. The molecule has 0 saturated carbocycles. The molecule has 0 radical (unpaired) electrons. The van der Waals surface area contributed by atoms with Crippen LogP contribution in [0.5, 0.6) is 0 Å². The van der Waals surface area contributed by atoms with Gasteiger partial charge in [-0.3, -0.25) is 0 Å². The van der Waals surface area contributed by atoms with E-state index in [-0.39, 0.29) is 5.54 Å². The topological polar surface area (TPSA) is 0 Å². The van der Waals surface area contributed by atoms with Gasteiger partial charge in [-0.2, -0.15) is 0 Å². The molecule has 9 aromatic rings. The summed E-state index contributed by atoms with van der Waals surface area (Å²) in [6.45, 7) is 0. The first kappa shape index (κ1) is 42.6. The van der Waals surface area contributed by atoms with Gasteiger partial charge >= 0.3 is 0 Å². The molecule has 1 heteroatoms. The van der Waals surface area contributed by atoms with Gasteiger partial charge in [0.1, 0.15) is 0 Å². The lowest BCUT2D eigenvalue weighted by molar-refractivity contribution is 1.13. The molecule has 0 heterocycles. The van der Waals surface area contributed by atoms with Crippen molar-refractivity contribution in [2.75, 3.05) is 0 Å². The standard InChI is InChI=1S/C65H56Si/c1-7-21-50(22-8-1)35-56-41-57(36-51-23-9-2-10-24-51)45-63(44-56)66(62-33-19-20-34-62,64-46-58(37-52-25-11-3-12-26-52)42-59(47-64)38-53-27-13-4-14-28-53)65-48-60(39-54-29-15-5-16-30-54)43-61(49-65)40-55-31-17-6-18-32-55/h1-34,41-49,62H,35-40H2. The van der Waals surface area contributed by atoms with Crippen molar-refractivity contribution in [3.8, 4) is 0 Å². The third-order valence-corrected chi connectivity index (χ3v) is 18.3. The Labute approximate surface area is 393 Å². The molecule has 0 aliphatic heterocycles. The molecule has 320 valence electrons. The number of benzene rings is 9. The second-order valence-corrected chi connectivity index (χ2v) is 22.2. The Balaban J connectivity index is 1.27. The predicted octanol–water partition coefficient (Wildman–Crippen LogP) is 13.2. The molecule has 0 saturated heterocycles. The van der Waals surface area contributed by atoms with Crippen LogP contribution in [0.3, 0.4) is 0 Å². The van der Waals surface area contributed by atoms with Crippen molar-refractivity contribution >= 4 is 23.6 Å². The highest BCUT2D eigenvalue weighted by molar-refractivity contribution is 7.13. The minimum absolute atomic E-state index is 0.183. The van der Waals surface area contributed by atoms with Crippen LogP contribution in [-0.4, -0.2) is 8.07 Å². The minimum Gasteiger partial charge on any atom is -0.0793 e. The van der Waals surface area contributed by atoms with E-state index in [1.165, 1.54) is 82.3 Å². The van der Waals surface area contributed by atoms with Crippen LogP contribution in [0.4, 0.5) is 0 Å². The van der Waals surface area contributed by atoms with Crippen molar-refractivity contribution in [3.63, 3.8) is 0 Å². The van der Waals surface area contributed by atoms with Crippen LogP contribution in [-0.2, 0) is 38.5 Å². The Bertz CT molecular complexity index is 2540. The number of hydrogen-bond acceptors (Lipinski definition) is 0. The summed E-state index contributed by atoms with van der Waals surface area (Å²) in [5.41, 5.74) is 16.4. The lowest BCUT2D eigenvalue weighted by atomic mass is 9.99. The first-order chi connectivity index (χ1) is 32.6. The smallest absolute Gasteiger partial charge is 0.0793 e. The summed E-state index contributed by atoms with van der Waals surface area (Å²) in [7, 11) is -3.06. The molecule has 0 atom stereocenters. The van der Waals surface area contributed by atoms with Gasteiger partial charge in [-0.25, -0.2) is 0 Å². The fourth-order valence-electron chi connectivity index (χ4n) is 10.4. The second kappa shape index (κ2) is 20.2. The molecule has 0 bridgehead atoms. The molecule has 1 aliphatic rings. The Morgan fingerprint density at radius 1 is 0.227 bits per heavy atom. The number of rotatable bonds is 16. The van der Waals surface area contributed by atoms with Gasteiger partial charge in [0, 0.05) is 5.54 Å². The van der Waals surface area contributed by atoms with E-state index in [1.54, 1.807) is 0 Å². The maximum absolute atomic E-state index is 3.06. The Kier molecular flexibility index (Phi) is 13.1. The first-order valence-electron chi connectivity index (χ1n) is 23.6. The van der Waals surface area contributed by atoms with E-state index < -0.39 is 8.07 Å². The quantitative estimate of drug-likeness (QED) is 0.0671. The first-order valence-corrected chi connectivity index (χ1v) is 25.7. The maximum atomic E-state index is 2.62. The highest BCUT2D eigenvalue weighted by Gasteiger charge is 2.46. The van der Waals surface area contributed by atoms with Crippen LogP contribution in [0.2, 0.25) is 5.54 Å². The average Bonchev–Trinajstić information content (AvgIpc) is 3.89. The minimum atomic E-state index is -3.06. The Hall–Kier alpha value is -7.32. The van der Waals surface area contributed by atoms with E-state index in [0.717, 1.165) is 38.5 Å². The van der Waals surface area contributed by atoms with Gasteiger partial charge < -0.3 is 0 Å². The summed E-state index contributed by atoms with van der Waals surface area (Å²) in [5, 5.41) is 4.40. The van der Waals surface area contributed by atoms with E-state index in [1.807, 2.05) is 0 Å². The van der Waals surface area contributed by atoms with Gasteiger partial charge in [0.15, 0.2) is 8.07 Å². The normalized spacial score (nSPS) is 12.4. The van der Waals surface area contributed by atoms with Crippen LogP contribution < -0.4 is 15.6 Å². The van der Waals surface area contributed by atoms with Crippen LogP contribution in [0.25, 0.3) is 0 Å². The van der Waals surface area contributed by atoms with E-state index in [9.17, 15) is 0 Å². The van der Waals surface area contributed by atoms with Crippen molar-refractivity contribution < 1.29 is 0 Å². The van der Waals surface area contributed by atoms with Gasteiger partial charge in [0.25, 0.3) is 0 Å². The summed E-state index contributed by atoms with van der Waals surface area (Å²) < 4.78 is 0. The number of allylic oxidation sites excluding steroid dienone is 4. The van der Waals surface area contributed by atoms with Crippen molar-refractivity contribution in [2.45, 2.75) is 44.1 Å². The van der Waals surface area contributed by atoms with Crippen LogP contribution in [0, 0.1) is 0 Å². The number of hydrogen-bond donors (Lipinski definition) is 0. The lowest BCUT2D eigenvalue weighted by Gasteiger charge is -2.39. The summed E-state index contributed by atoms with van der Waals surface area (Å²) in [6, 6.07) is 89.4. The Morgan fingerprint density at radius 3 is 0.621 bits per heavy atom. The molecule has 0 aromatic heterocycles. The van der Waals surface area contributed by atoms with Crippen molar-refractivity contribution in [1.82, 2.24) is 0 Å². The zero-order valence-corrected chi connectivity index (χ0v) is 38.6. The van der Waals surface area contributed by atoms with E-state index in [0.29, 0.717) is 0 Å². The molecule has 66 heavy (non-hydrogen) atoms. The van der Waals surface area contributed by atoms with Gasteiger partial charge in [0.2, 0.25) is 0 Å². The van der Waals surface area contributed by atoms with Crippen molar-refractivity contribution in [2.24, 2.45) is 0 Å². The third-order valence-electron chi connectivity index (χ3n) is 13.3. The predicted molar refractivity (Wildman–Crippen MR) is 281 cm³/mol. The van der Waals surface area contributed by atoms with Gasteiger partial charge in [-0.1, -0.05) is 261 Å². The van der Waals surface area contributed by atoms with Crippen LogP contribution in [0.1, 0.15) is 66.8 Å². The monoisotopic (exact) mass is 864 g/mol. The van der Waals surface area contributed by atoms with E-state index >= 15 is 0 Å². The molecule has 0 amide bonds. The molecule has 10 rings (SSSR count). The SMILES string of the molecule is C1=CC([Si](c2cc(Cc3ccccc3)cc(Cc3ccccc3)c2)(c2cc(Cc3ccccc3)cc(Cc3ccccc3)c2)c2cc(Cc3ccccc3)cc(Cc3ccccc3)c2)C=C1. The molecule has 0 nitrogen and oxygen atoms in total. The molecule has 0 unspecified atom stereocenters. The third kappa shape index (κ3) is 10.1. The van der Waals surface area contributed by atoms with Gasteiger partial charge in [-0.05, 0) is 121 Å². The zero-order chi connectivity index (χ0) is 44.4. The summed E-state index contributed by atoms with van der Waals surface area (Å²) >= 11 is 0. The molecule has 1 aliphatic carbocycles. The summed E-state index contributed by atoms with van der Waals surface area (Å²) in [6.07, 6.45) is 14.9. The van der Waals surface area contributed by atoms with Crippen molar-refractivity contribution in [1.29, 1.82) is 0 Å². The molecule has 9 aromatic carbocycles. The molecule has 0 N–H and O–H groups in total. The lowest BCUT2D eigenvalue weighted by Crippen LogP contribution is -2.69. The molecular weight excluding hydrogens is 809 g/mol. The van der Waals surface area contributed by atoms with E-state index in [4.69, 9.17) is 0 Å². The molecule has 0 fully saturated rings. The fourth-order valence-corrected chi connectivity index (χ4v) is 15.8. The molecule has 0 spiro atoms. The summed E-state index contributed by atoms with van der Waals surface area (Å²) in [5.74, 6) is 0. The van der Waals surface area contributed by atoms with Gasteiger partial charge in [0.05, 0.1) is 0 Å². The maximum Gasteiger partial charge on any atom is 0.158 e. The average molecular weight is 865 g/mol. The largest absolute Gasteiger partial charge is 0.158 e. The molecular formula is C65H56Si. The highest BCUT2D eigenvalue weighted by atomic mass is 28.3. The van der Waals surface area contributed by atoms with Gasteiger partial charge in [-0.15, -0.1) is 0 Å². The Morgan fingerprint density at radius 2 is 0.424 bits per heavy atom. The zero-order valence-electron chi connectivity index (χ0n) is 37.6. The summed E-state index contributed by atoms with van der Waals surface area (Å²) in [4.78, 5) is 0. The van der Waals surface area contributed by atoms with Crippen molar-refractivity contribution in [3.05, 3.63) is 328 Å². The highest BCUT2D eigenvalue weighted by Crippen LogP contribution is 2.33. The van der Waals surface area contributed by atoms with Crippen LogP contribution >= 0.6 is 0 Å².